The highest BCUT2D eigenvalue weighted by Crippen LogP contribution is 2.27. The van der Waals surface area contributed by atoms with E-state index in [9.17, 15) is 4.79 Å². The summed E-state index contributed by atoms with van der Waals surface area (Å²) in [5, 5.41) is 13.8. The third-order valence-electron chi connectivity index (χ3n) is 4.90. The molecule has 0 saturated carbocycles. The van der Waals surface area contributed by atoms with Gasteiger partial charge in [0.25, 0.3) is 0 Å². The molecular weight excluding hydrogens is 412 g/mol. The van der Waals surface area contributed by atoms with E-state index >= 15 is 0 Å². The lowest BCUT2D eigenvalue weighted by molar-refractivity contribution is -0.137. The van der Waals surface area contributed by atoms with E-state index in [4.69, 9.17) is 20.0 Å². The summed E-state index contributed by atoms with van der Waals surface area (Å²) in [5.41, 5.74) is 7.88. The van der Waals surface area contributed by atoms with E-state index in [-0.39, 0.29) is 12.4 Å². The largest absolute Gasteiger partial charge is 0.481 e. The lowest BCUT2D eigenvalue weighted by Gasteiger charge is -2.08. The second-order valence-electron chi connectivity index (χ2n) is 7.32. The first-order valence-corrected chi connectivity index (χ1v) is 10.4. The fourth-order valence-corrected chi connectivity index (χ4v) is 3.38. The van der Waals surface area contributed by atoms with Crippen LogP contribution >= 0.6 is 0 Å². The third-order valence-corrected chi connectivity index (χ3v) is 4.90. The summed E-state index contributed by atoms with van der Waals surface area (Å²) in [4.78, 5) is 23.7. The van der Waals surface area contributed by atoms with Gasteiger partial charge in [-0.2, -0.15) is 10.1 Å². The minimum absolute atomic E-state index is 0.138. The molecule has 0 aliphatic carbocycles. The molecule has 0 amide bonds. The average molecular weight is 436 g/mol. The van der Waals surface area contributed by atoms with E-state index < -0.39 is 5.97 Å². The zero-order valence-corrected chi connectivity index (χ0v) is 17.5. The number of rotatable bonds is 11. The van der Waals surface area contributed by atoms with Crippen LogP contribution in [0.3, 0.4) is 0 Å². The van der Waals surface area contributed by atoms with Gasteiger partial charge in [-0.15, -0.1) is 0 Å². The Hall–Kier alpha value is -3.95. The molecule has 0 fully saturated rings. The van der Waals surface area contributed by atoms with Crippen molar-refractivity contribution in [1.82, 2.24) is 24.7 Å². The molecule has 4 aromatic rings. The van der Waals surface area contributed by atoms with Crippen LogP contribution in [0.4, 0.5) is 5.95 Å². The van der Waals surface area contributed by atoms with Crippen molar-refractivity contribution in [2.45, 2.75) is 38.6 Å². The summed E-state index contributed by atoms with van der Waals surface area (Å²) < 4.78 is 12.9. The lowest BCUT2D eigenvalue weighted by atomic mass is 10.1. The number of hydrogen-bond donors (Lipinski definition) is 2. The van der Waals surface area contributed by atoms with Crippen LogP contribution in [0.25, 0.3) is 22.5 Å². The van der Waals surface area contributed by atoms with Gasteiger partial charge >= 0.3 is 5.97 Å². The van der Waals surface area contributed by atoms with Gasteiger partial charge in [0.2, 0.25) is 11.8 Å². The first-order valence-electron chi connectivity index (χ1n) is 10.4. The molecule has 0 atom stereocenters. The predicted molar refractivity (Wildman–Crippen MR) is 117 cm³/mol. The number of nitrogens with zero attached hydrogens (tertiary/aromatic N) is 5. The van der Waals surface area contributed by atoms with Crippen molar-refractivity contribution in [3.63, 3.8) is 0 Å². The van der Waals surface area contributed by atoms with Crippen molar-refractivity contribution in [3.05, 3.63) is 48.5 Å². The Labute approximate surface area is 184 Å². The number of aromatic nitrogens is 5. The standard InChI is InChI=1S/C22H24N6O4/c23-22-26-20(17-8-6-12-31-17)16-13-24-28(21(16)27-22)14-15-7-5-9-18(25-15)32-11-4-2-1-3-10-19(29)30/h5-9,12-13H,1-4,10-11,14H2,(H,29,30)(H2,23,26,27). The number of nitrogens with two attached hydrogens (primary N) is 1. The molecular formula is C22H24N6O4. The summed E-state index contributed by atoms with van der Waals surface area (Å²) in [6.45, 7) is 0.925. The lowest BCUT2D eigenvalue weighted by Crippen LogP contribution is -2.07. The molecule has 4 aromatic heterocycles. The number of carboxylic acid groups (broad SMARTS) is 1. The van der Waals surface area contributed by atoms with E-state index in [0.29, 0.717) is 42.6 Å². The summed E-state index contributed by atoms with van der Waals surface area (Å²) in [7, 11) is 0. The Bertz CT molecular complexity index is 1190. The summed E-state index contributed by atoms with van der Waals surface area (Å²) in [6.07, 6.45) is 6.82. The van der Waals surface area contributed by atoms with Crippen LogP contribution in [0.15, 0.2) is 47.2 Å². The van der Waals surface area contributed by atoms with Crippen molar-refractivity contribution >= 4 is 23.0 Å². The van der Waals surface area contributed by atoms with Gasteiger partial charge in [0.05, 0.1) is 36.7 Å². The number of unbranched alkanes of at least 4 members (excludes halogenated alkanes) is 3. The Kier molecular flexibility index (Phi) is 6.59. The zero-order valence-electron chi connectivity index (χ0n) is 17.5. The third kappa shape index (κ3) is 5.20. The van der Waals surface area contributed by atoms with Crippen molar-refractivity contribution in [3.8, 4) is 17.3 Å². The topological polar surface area (TPSA) is 142 Å². The number of carboxylic acids is 1. The first-order chi connectivity index (χ1) is 15.6. The number of aliphatic carboxylic acids is 1. The number of fused-ring (bicyclic) bond motifs is 1. The Balaban J connectivity index is 1.40. The molecule has 0 aliphatic rings. The minimum atomic E-state index is -0.751. The molecule has 32 heavy (non-hydrogen) atoms. The maximum atomic E-state index is 10.5. The number of furan rings is 1. The zero-order chi connectivity index (χ0) is 22.3. The van der Waals surface area contributed by atoms with Crippen LogP contribution in [0.5, 0.6) is 5.88 Å². The molecule has 0 saturated heterocycles. The van der Waals surface area contributed by atoms with Gasteiger partial charge < -0.3 is 20.0 Å². The van der Waals surface area contributed by atoms with Crippen molar-refractivity contribution in [2.24, 2.45) is 0 Å². The quantitative estimate of drug-likeness (QED) is 0.338. The highest BCUT2D eigenvalue weighted by molar-refractivity contribution is 5.89. The Morgan fingerprint density at radius 1 is 1.09 bits per heavy atom. The van der Waals surface area contributed by atoms with Crippen LogP contribution < -0.4 is 10.5 Å². The highest BCUT2D eigenvalue weighted by Gasteiger charge is 2.16. The number of pyridine rings is 1. The molecule has 3 N–H and O–H groups in total. The van der Waals surface area contributed by atoms with Crippen molar-refractivity contribution in [2.75, 3.05) is 12.3 Å². The number of anilines is 1. The van der Waals surface area contributed by atoms with Gasteiger partial charge in [-0.05, 0) is 31.0 Å². The van der Waals surface area contributed by atoms with E-state index in [0.717, 1.165) is 30.3 Å². The molecule has 0 radical (unpaired) electrons. The molecule has 0 bridgehead atoms. The smallest absolute Gasteiger partial charge is 0.303 e. The Morgan fingerprint density at radius 2 is 1.97 bits per heavy atom. The average Bonchev–Trinajstić information content (AvgIpc) is 3.43. The van der Waals surface area contributed by atoms with Crippen LogP contribution in [0.2, 0.25) is 0 Å². The number of ether oxygens (including phenoxy) is 1. The van der Waals surface area contributed by atoms with Crippen LogP contribution in [-0.2, 0) is 11.3 Å². The van der Waals surface area contributed by atoms with Crippen LogP contribution in [-0.4, -0.2) is 42.4 Å². The Morgan fingerprint density at radius 3 is 2.78 bits per heavy atom. The fourth-order valence-electron chi connectivity index (χ4n) is 3.38. The second kappa shape index (κ2) is 9.90. The molecule has 10 nitrogen and oxygen atoms in total. The van der Waals surface area contributed by atoms with E-state index in [1.54, 1.807) is 23.2 Å². The maximum absolute atomic E-state index is 10.5. The van der Waals surface area contributed by atoms with E-state index in [1.165, 1.54) is 0 Å². The van der Waals surface area contributed by atoms with Crippen molar-refractivity contribution in [1.29, 1.82) is 0 Å². The SMILES string of the molecule is Nc1nc(-c2ccco2)c2cnn(Cc3cccc(OCCCCCCC(=O)O)n3)c2n1. The van der Waals surface area contributed by atoms with E-state index in [1.807, 2.05) is 24.3 Å². The van der Waals surface area contributed by atoms with Crippen LogP contribution in [0.1, 0.15) is 37.8 Å². The van der Waals surface area contributed by atoms with Gasteiger partial charge in [0.15, 0.2) is 11.4 Å². The molecule has 0 aromatic carbocycles. The first kappa shape index (κ1) is 21.3. The molecule has 10 heteroatoms. The molecule has 4 heterocycles. The van der Waals surface area contributed by atoms with Gasteiger partial charge in [-0.25, -0.2) is 14.6 Å². The summed E-state index contributed by atoms with van der Waals surface area (Å²) in [6, 6.07) is 9.19. The van der Waals surface area contributed by atoms with Crippen molar-refractivity contribution < 1.29 is 19.1 Å². The monoisotopic (exact) mass is 436 g/mol. The van der Waals surface area contributed by atoms with E-state index in [2.05, 4.69) is 20.1 Å². The van der Waals surface area contributed by atoms with Gasteiger partial charge in [0, 0.05) is 12.5 Å². The number of hydrogen-bond acceptors (Lipinski definition) is 8. The van der Waals surface area contributed by atoms with Gasteiger partial charge in [0.1, 0.15) is 5.69 Å². The normalized spacial score (nSPS) is 11.1. The van der Waals surface area contributed by atoms with Gasteiger partial charge in [-0.3, -0.25) is 4.79 Å². The molecule has 0 spiro atoms. The second-order valence-corrected chi connectivity index (χ2v) is 7.32. The highest BCUT2D eigenvalue weighted by atomic mass is 16.5. The fraction of sp³-hybridized carbons (Fsp3) is 0.318. The molecule has 0 aliphatic heterocycles. The number of nitrogen functional groups attached to an aromatic ring is 1. The summed E-state index contributed by atoms with van der Waals surface area (Å²) in [5.74, 6) is 0.521. The molecule has 166 valence electrons. The van der Waals surface area contributed by atoms with Crippen LogP contribution in [0, 0.1) is 0 Å². The maximum Gasteiger partial charge on any atom is 0.303 e. The van der Waals surface area contributed by atoms with Gasteiger partial charge in [-0.1, -0.05) is 18.9 Å². The minimum Gasteiger partial charge on any atom is -0.481 e. The molecule has 0 unspecified atom stereocenters. The molecule has 4 rings (SSSR count). The summed E-state index contributed by atoms with van der Waals surface area (Å²) >= 11 is 0. The number of carbonyl (C=O) groups is 1. The predicted octanol–water partition coefficient (Wildman–Crippen LogP) is 3.53.